The fourth-order valence-corrected chi connectivity index (χ4v) is 4.01. The molecule has 5 nitrogen and oxygen atoms in total. The molecule has 0 aliphatic rings. The number of carbonyl (C=O) groups is 2. The van der Waals surface area contributed by atoms with Crippen molar-refractivity contribution < 1.29 is 9.59 Å². The molecule has 1 N–H and O–H groups in total. The summed E-state index contributed by atoms with van der Waals surface area (Å²) in [5.74, 6) is -0.303. The molecule has 0 saturated heterocycles. The number of hydrogen-bond acceptors (Lipinski definition) is 4. The highest BCUT2D eigenvalue weighted by molar-refractivity contribution is 7.18. The fraction of sp³-hybridized carbons (Fsp3) is 0.160. The Morgan fingerprint density at radius 2 is 1.87 bits per heavy atom. The van der Waals surface area contributed by atoms with E-state index in [9.17, 15) is 9.59 Å². The number of aromatic nitrogens is 1. The predicted octanol–water partition coefficient (Wildman–Crippen LogP) is 4.38. The summed E-state index contributed by atoms with van der Waals surface area (Å²) in [6, 6.07) is 16.3. The minimum Gasteiger partial charge on any atom is -0.352 e. The van der Waals surface area contributed by atoms with E-state index in [-0.39, 0.29) is 24.8 Å². The molecule has 0 spiro atoms. The summed E-state index contributed by atoms with van der Waals surface area (Å²) >= 11 is 1.52. The molecule has 0 unspecified atom stereocenters. The van der Waals surface area contributed by atoms with Crippen LogP contribution in [0.1, 0.15) is 5.01 Å². The number of likely N-dealkylation sites (N-methyl/N-ethyl adjacent to an activating group) is 1. The predicted molar refractivity (Wildman–Crippen MR) is 128 cm³/mol. The Hall–Kier alpha value is -3.51. The highest BCUT2D eigenvalue weighted by Gasteiger charge is 2.11. The zero-order valence-corrected chi connectivity index (χ0v) is 18.5. The SMILES string of the molecule is C=C/C(=C\C(=C)CNC(=O)Cc1nc2ccc(-c3ccccc3)cc2s1)C(=O)N(C)C. The average molecular weight is 432 g/mol. The zero-order chi connectivity index (χ0) is 22.4. The van der Waals surface area contributed by atoms with E-state index in [0.29, 0.717) is 11.1 Å². The zero-order valence-electron chi connectivity index (χ0n) is 17.7. The monoisotopic (exact) mass is 431 g/mol. The highest BCUT2D eigenvalue weighted by atomic mass is 32.1. The van der Waals surface area contributed by atoms with Crippen LogP contribution in [0.25, 0.3) is 21.3 Å². The molecule has 3 aromatic rings. The number of rotatable bonds is 8. The number of thiazole rings is 1. The molecule has 3 rings (SSSR count). The molecule has 0 atom stereocenters. The Morgan fingerprint density at radius 3 is 2.55 bits per heavy atom. The van der Waals surface area contributed by atoms with Gasteiger partial charge in [0, 0.05) is 26.2 Å². The largest absolute Gasteiger partial charge is 0.352 e. The molecule has 2 aromatic carbocycles. The van der Waals surface area contributed by atoms with Crippen molar-refractivity contribution in [3.05, 3.63) is 90.0 Å². The topological polar surface area (TPSA) is 62.3 Å². The number of fused-ring (bicyclic) bond motifs is 1. The van der Waals surface area contributed by atoms with Crippen LogP contribution in [0.15, 0.2) is 85.0 Å². The van der Waals surface area contributed by atoms with E-state index in [0.717, 1.165) is 26.4 Å². The van der Waals surface area contributed by atoms with Crippen LogP contribution < -0.4 is 5.32 Å². The molecule has 1 heterocycles. The van der Waals surface area contributed by atoms with Gasteiger partial charge in [-0.15, -0.1) is 11.3 Å². The molecule has 31 heavy (non-hydrogen) atoms. The van der Waals surface area contributed by atoms with Crippen LogP contribution in [0.4, 0.5) is 0 Å². The number of nitrogens with zero attached hydrogens (tertiary/aromatic N) is 2. The first-order valence-corrected chi connectivity index (χ1v) is 10.6. The maximum absolute atomic E-state index is 12.4. The van der Waals surface area contributed by atoms with Gasteiger partial charge in [0.05, 0.1) is 16.6 Å². The van der Waals surface area contributed by atoms with Gasteiger partial charge in [-0.3, -0.25) is 9.59 Å². The lowest BCUT2D eigenvalue weighted by molar-refractivity contribution is -0.124. The second-order valence-electron chi connectivity index (χ2n) is 7.27. The van der Waals surface area contributed by atoms with Gasteiger partial charge in [0.25, 0.3) is 5.91 Å². The second kappa shape index (κ2) is 10.00. The Balaban J connectivity index is 1.62. The molecule has 1 aromatic heterocycles. The van der Waals surface area contributed by atoms with E-state index in [1.54, 1.807) is 20.2 Å². The van der Waals surface area contributed by atoms with E-state index < -0.39 is 0 Å². The van der Waals surface area contributed by atoms with Crippen LogP contribution in [0.5, 0.6) is 0 Å². The lowest BCUT2D eigenvalue weighted by Gasteiger charge is -2.11. The van der Waals surface area contributed by atoms with Gasteiger partial charge in [-0.25, -0.2) is 4.98 Å². The smallest absolute Gasteiger partial charge is 0.253 e. The lowest BCUT2D eigenvalue weighted by Crippen LogP contribution is -2.27. The molecule has 0 fully saturated rings. The normalized spacial score (nSPS) is 11.2. The Kier molecular flexibility index (Phi) is 7.15. The third-order valence-corrected chi connectivity index (χ3v) is 5.62. The Morgan fingerprint density at radius 1 is 1.13 bits per heavy atom. The van der Waals surface area contributed by atoms with Crippen molar-refractivity contribution in [3.8, 4) is 11.1 Å². The van der Waals surface area contributed by atoms with E-state index >= 15 is 0 Å². The first kappa shape index (κ1) is 22.2. The Bertz CT molecular complexity index is 1160. The van der Waals surface area contributed by atoms with Crippen LogP contribution in [-0.4, -0.2) is 42.3 Å². The fourth-order valence-electron chi connectivity index (χ4n) is 3.01. The molecule has 0 bridgehead atoms. The first-order chi connectivity index (χ1) is 14.9. The minimum absolute atomic E-state index is 0.143. The van der Waals surface area contributed by atoms with Crippen LogP contribution in [0.2, 0.25) is 0 Å². The van der Waals surface area contributed by atoms with E-state index in [2.05, 4.69) is 41.7 Å². The van der Waals surface area contributed by atoms with Crippen molar-refractivity contribution in [3.63, 3.8) is 0 Å². The number of nitrogens with one attached hydrogen (secondary N) is 1. The number of hydrogen-bond donors (Lipinski definition) is 1. The van der Waals surface area contributed by atoms with Crippen LogP contribution >= 0.6 is 11.3 Å². The third-order valence-electron chi connectivity index (χ3n) is 4.60. The quantitative estimate of drug-likeness (QED) is 0.425. The summed E-state index contributed by atoms with van der Waals surface area (Å²) in [6.45, 7) is 7.83. The van der Waals surface area contributed by atoms with Crippen molar-refractivity contribution in [1.82, 2.24) is 15.2 Å². The number of amides is 2. The van der Waals surface area contributed by atoms with Crippen molar-refractivity contribution >= 4 is 33.4 Å². The summed E-state index contributed by atoms with van der Waals surface area (Å²) in [5.41, 5.74) is 4.22. The Labute approximate surface area is 186 Å². The molecule has 2 amide bonds. The summed E-state index contributed by atoms with van der Waals surface area (Å²) in [7, 11) is 3.34. The van der Waals surface area contributed by atoms with Crippen LogP contribution in [-0.2, 0) is 16.0 Å². The van der Waals surface area contributed by atoms with E-state index in [1.165, 1.54) is 22.3 Å². The van der Waals surface area contributed by atoms with Gasteiger partial charge in [-0.05, 0) is 34.9 Å². The molecule has 0 saturated carbocycles. The van der Waals surface area contributed by atoms with Gasteiger partial charge in [-0.2, -0.15) is 0 Å². The maximum atomic E-state index is 12.4. The summed E-state index contributed by atoms with van der Waals surface area (Å²) in [4.78, 5) is 30.5. The van der Waals surface area contributed by atoms with Crippen molar-refractivity contribution in [2.45, 2.75) is 6.42 Å². The average Bonchev–Trinajstić information content (AvgIpc) is 3.17. The highest BCUT2D eigenvalue weighted by Crippen LogP contribution is 2.28. The van der Waals surface area contributed by atoms with Gasteiger partial charge in [-0.1, -0.05) is 55.6 Å². The molecule has 0 aliphatic carbocycles. The van der Waals surface area contributed by atoms with E-state index in [4.69, 9.17) is 0 Å². The number of carbonyl (C=O) groups excluding carboxylic acids is 2. The molecular weight excluding hydrogens is 406 g/mol. The summed E-state index contributed by atoms with van der Waals surface area (Å²) < 4.78 is 1.05. The summed E-state index contributed by atoms with van der Waals surface area (Å²) in [6.07, 6.45) is 3.32. The van der Waals surface area contributed by atoms with Crippen molar-refractivity contribution in [2.75, 3.05) is 20.6 Å². The van der Waals surface area contributed by atoms with Gasteiger partial charge in [0.2, 0.25) is 5.91 Å². The standard InChI is InChI=1S/C25H25N3O2S/c1-5-18(25(30)28(3)4)13-17(2)16-26-23(29)15-24-27-21-12-11-20(14-22(21)31-24)19-9-7-6-8-10-19/h5-14H,1-2,15-16H2,3-4H3,(H,26,29)/b18-13+. The molecule has 158 valence electrons. The van der Waals surface area contributed by atoms with Gasteiger partial charge >= 0.3 is 0 Å². The minimum atomic E-state index is -0.160. The molecular formula is C25H25N3O2S. The van der Waals surface area contributed by atoms with Crippen LogP contribution in [0, 0.1) is 0 Å². The maximum Gasteiger partial charge on any atom is 0.253 e. The van der Waals surface area contributed by atoms with Crippen LogP contribution in [0.3, 0.4) is 0 Å². The van der Waals surface area contributed by atoms with Gasteiger partial charge in [0.15, 0.2) is 0 Å². The lowest BCUT2D eigenvalue weighted by atomic mass is 10.1. The molecule has 0 aliphatic heterocycles. The van der Waals surface area contributed by atoms with Crippen molar-refractivity contribution in [2.24, 2.45) is 0 Å². The van der Waals surface area contributed by atoms with E-state index in [1.807, 2.05) is 30.3 Å². The molecule has 0 radical (unpaired) electrons. The van der Waals surface area contributed by atoms with Gasteiger partial charge in [0.1, 0.15) is 5.01 Å². The second-order valence-corrected chi connectivity index (χ2v) is 8.39. The molecule has 6 heteroatoms. The first-order valence-electron chi connectivity index (χ1n) is 9.82. The third kappa shape index (κ3) is 5.77. The summed E-state index contributed by atoms with van der Waals surface area (Å²) in [5, 5.41) is 3.59. The number of benzene rings is 2. The van der Waals surface area contributed by atoms with Gasteiger partial charge < -0.3 is 10.2 Å². The van der Waals surface area contributed by atoms with Crippen molar-refractivity contribution in [1.29, 1.82) is 0 Å².